The Morgan fingerprint density at radius 3 is 3.07 bits per heavy atom. The quantitative estimate of drug-likeness (QED) is 0.823. The van der Waals surface area contributed by atoms with Gasteiger partial charge in [-0.3, -0.25) is 4.98 Å². The Balaban J connectivity index is 1.79. The number of aryl methyl sites for hydroxylation is 1. The maximum absolute atomic E-state index is 6.01. The summed E-state index contributed by atoms with van der Waals surface area (Å²) in [5, 5.41) is 0. The van der Waals surface area contributed by atoms with Crippen LogP contribution >= 0.6 is 0 Å². The molecule has 2 aromatic rings. The van der Waals surface area contributed by atoms with Gasteiger partial charge < -0.3 is 10.2 Å². The smallest absolute Gasteiger partial charge is 0.195 e. The SMILES string of the molecule is NC1(CCc2nc3ccncc3o2)CC1. The molecule has 0 aliphatic heterocycles. The molecule has 1 aliphatic rings. The van der Waals surface area contributed by atoms with E-state index in [0.29, 0.717) is 0 Å². The van der Waals surface area contributed by atoms with E-state index in [2.05, 4.69) is 9.97 Å². The fraction of sp³-hybridized carbons (Fsp3) is 0.455. The van der Waals surface area contributed by atoms with E-state index in [1.807, 2.05) is 6.07 Å². The largest absolute Gasteiger partial charge is 0.439 e. The van der Waals surface area contributed by atoms with E-state index in [-0.39, 0.29) is 5.54 Å². The van der Waals surface area contributed by atoms with Gasteiger partial charge in [0.2, 0.25) is 0 Å². The fourth-order valence-corrected chi connectivity index (χ4v) is 1.70. The van der Waals surface area contributed by atoms with E-state index in [4.69, 9.17) is 10.2 Å². The van der Waals surface area contributed by atoms with Crippen LogP contribution in [0.3, 0.4) is 0 Å². The molecular weight excluding hydrogens is 190 g/mol. The van der Waals surface area contributed by atoms with Crippen LogP contribution in [0.2, 0.25) is 0 Å². The summed E-state index contributed by atoms with van der Waals surface area (Å²) in [6.07, 6.45) is 7.48. The van der Waals surface area contributed by atoms with E-state index in [9.17, 15) is 0 Å². The van der Waals surface area contributed by atoms with Crippen molar-refractivity contribution >= 4 is 11.1 Å². The average molecular weight is 203 g/mol. The van der Waals surface area contributed by atoms with E-state index >= 15 is 0 Å². The predicted octanol–water partition coefficient (Wildman–Crippen LogP) is 1.65. The first-order valence-electron chi connectivity index (χ1n) is 5.24. The van der Waals surface area contributed by atoms with Gasteiger partial charge in [0.25, 0.3) is 0 Å². The van der Waals surface area contributed by atoms with Crippen LogP contribution in [0.1, 0.15) is 25.2 Å². The van der Waals surface area contributed by atoms with E-state index in [1.165, 1.54) is 0 Å². The maximum atomic E-state index is 6.01. The molecule has 4 heteroatoms. The second-order valence-electron chi connectivity index (χ2n) is 4.31. The monoisotopic (exact) mass is 203 g/mol. The number of pyridine rings is 1. The molecule has 2 heterocycles. The first-order valence-corrected chi connectivity index (χ1v) is 5.24. The lowest BCUT2D eigenvalue weighted by Crippen LogP contribution is -2.22. The van der Waals surface area contributed by atoms with Gasteiger partial charge >= 0.3 is 0 Å². The summed E-state index contributed by atoms with van der Waals surface area (Å²) in [5.41, 5.74) is 7.71. The summed E-state index contributed by atoms with van der Waals surface area (Å²) >= 11 is 0. The van der Waals surface area contributed by atoms with Crippen LogP contribution in [-0.4, -0.2) is 15.5 Å². The second kappa shape index (κ2) is 3.03. The lowest BCUT2D eigenvalue weighted by atomic mass is 10.1. The van der Waals surface area contributed by atoms with Gasteiger partial charge in [-0.25, -0.2) is 4.98 Å². The van der Waals surface area contributed by atoms with Crippen molar-refractivity contribution in [2.24, 2.45) is 5.73 Å². The highest BCUT2D eigenvalue weighted by Crippen LogP contribution is 2.36. The molecule has 0 radical (unpaired) electrons. The van der Waals surface area contributed by atoms with Gasteiger partial charge in [0.1, 0.15) is 5.52 Å². The van der Waals surface area contributed by atoms with Crippen LogP contribution in [-0.2, 0) is 6.42 Å². The molecule has 1 saturated carbocycles. The molecule has 1 fully saturated rings. The first-order chi connectivity index (χ1) is 7.25. The van der Waals surface area contributed by atoms with E-state index in [0.717, 1.165) is 42.7 Å². The van der Waals surface area contributed by atoms with Crippen molar-refractivity contribution in [2.75, 3.05) is 0 Å². The molecular formula is C11H13N3O. The Bertz CT molecular complexity index is 454. The zero-order chi connectivity index (χ0) is 10.3. The second-order valence-corrected chi connectivity index (χ2v) is 4.31. The Labute approximate surface area is 87.5 Å². The van der Waals surface area contributed by atoms with Crippen LogP contribution in [0.25, 0.3) is 11.1 Å². The van der Waals surface area contributed by atoms with E-state index in [1.54, 1.807) is 12.4 Å². The third-order valence-corrected chi connectivity index (χ3v) is 2.96. The lowest BCUT2D eigenvalue weighted by molar-refractivity contribution is 0.491. The summed E-state index contributed by atoms with van der Waals surface area (Å²) in [6, 6.07) is 1.86. The minimum Gasteiger partial charge on any atom is -0.439 e. The van der Waals surface area contributed by atoms with Gasteiger partial charge in [-0.15, -0.1) is 0 Å². The van der Waals surface area contributed by atoms with E-state index < -0.39 is 0 Å². The molecule has 78 valence electrons. The van der Waals surface area contributed by atoms with Crippen LogP contribution in [0.5, 0.6) is 0 Å². The molecule has 0 aromatic carbocycles. The van der Waals surface area contributed by atoms with Gasteiger partial charge in [0, 0.05) is 18.2 Å². The van der Waals surface area contributed by atoms with Crippen LogP contribution in [0.15, 0.2) is 22.9 Å². The van der Waals surface area contributed by atoms with Gasteiger partial charge in [-0.1, -0.05) is 0 Å². The van der Waals surface area contributed by atoms with Crippen molar-refractivity contribution in [1.82, 2.24) is 9.97 Å². The standard InChI is InChI=1S/C11H13N3O/c12-11(4-5-11)3-1-10-14-8-2-6-13-7-9(8)15-10/h2,6-7H,1,3-5,12H2. The van der Waals surface area contributed by atoms with Gasteiger partial charge in [0.15, 0.2) is 11.5 Å². The number of fused-ring (bicyclic) bond motifs is 1. The van der Waals surface area contributed by atoms with Crippen LogP contribution in [0, 0.1) is 0 Å². The summed E-state index contributed by atoms with van der Waals surface area (Å²) in [5.74, 6) is 0.773. The zero-order valence-corrected chi connectivity index (χ0v) is 8.44. The molecule has 0 amide bonds. The van der Waals surface area contributed by atoms with Crippen molar-refractivity contribution in [3.63, 3.8) is 0 Å². The van der Waals surface area contributed by atoms with Crippen molar-refractivity contribution in [2.45, 2.75) is 31.2 Å². The highest BCUT2D eigenvalue weighted by Gasteiger charge is 2.37. The summed E-state index contributed by atoms with van der Waals surface area (Å²) in [6.45, 7) is 0. The average Bonchev–Trinajstić information content (AvgIpc) is 2.83. The number of hydrogen-bond acceptors (Lipinski definition) is 4. The number of nitrogens with zero attached hydrogens (tertiary/aromatic N) is 2. The molecule has 1 aliphatic carbocycles. The Morgan fingerprint density at radius 2 is 2.33 bits per heavy atom. The molecule has 3 rings (SSSR count). The third-order valence-electron chi connectivity index (χ3n) is 2.96. The van der Waals surface area contributed by atoms with Gasteiger partial charge in [-0.2, -0.15) is 0 Å². The predicted molar refractivity (Wildman–Crippen MR) is 56.3 cm³/mol. The minimum absolute atomic E-state index is 0.0684. The van der Waals surface area contributed by atoms with Crippen molar-refractivity contribution < 1.29 is 4.42 Å². The number of hydrogen-bond donors (Lipinski definition) is 1. The first kappa shape index (κ1) is 8.85. The molecule has 15 heavy (non-hydrogen) atoms. The molecule has 0 unspecified atom stereocenters. The zero-order valence-electron chi connectivity index (χ0n) is 8.44. The summed E-state index contributed by atoms with van der Waals surface area (Å²) in [7, 11) is 0. The highest BCUT2D eigenvalue weighted by molar-refractivity contribution is 5.70. The number of nitrogens with two attached hydrogens (primary N) is 1. The molecule has 2 N–H and O–H groups in total. The maximum Gasteiger partial charge on any atom is 0.195 e. The summed E-state index contributed by atoms with van der Waals surface area (Å²) < 4.78 is 5.56. The van der Waals surface area contributed by atoms with Crippen LogP contribution < -0.4 is 5.73 Å². The fourth-order valence-electron chi connectivity index (χ4n) is 1.70. The topological polar surface area (TPSA) is 64.9 Å². The molecule has 2 aromatic heterocycles. The van der Waals surface area contributed by atoms with Crippen molar-refractivity contribution in [1.29, 1.82) is 0 Å². The molecule has 0 spiro atoms. The number of aromatic nitrogens is 2. The van der Waals surface area contributed by atoms with Crippen molar-refractivity contribution in [3.05, 3.63) is 24.4 Å². The summed E-state index contributed by atoms with van der Waals surface area (Å²) in [4.78, 5) is 8.37. The van der Waals surface area contributed by atoms with Gasteiger partial charge in [0.05, 0.1) is 6.20 Å². The Morgan fingerprint density at radius 1 is 1.47 bits per heavy atom. The minimum atomic E-state index is 0.0684. The number of oxazole rings is 1. The van der Waals surface area contributed by atoms with Crippen molar-refractivity contribution in [3.8, 4) is 0 Å². The molecule has 0 atom stereocenters. The molecule has 0 saturated heterocycles. The lowest BCUT2D eigenvalue weighted by Gasteiger charge is -2.04. The molecule has 4 nitrogen and oxygen atoms in total. The Hall–Kier alpha value is -1.42. The third kappa shape index (κ3) is 1.72. The van der Waals surface area contributed by atoms with Gasteiger partial charge in [-0.05, 0) is 25.3 Å². The Kier molecular flexibility index (Phi) is 1.79. The van der Waals surface area contributed by atoms with Crippen LogP contribution in [0.4, 0.5) is 0 Å². The normalized spacial score (nSPS) is 18.2. The highest BCUT2D eigenvalue weighted by atomic mass is 16.3. The molecule has 0 bridgehead atoms. The number of rotatable bonds is 3.